The van der Waals surface area contributed by atoms with Crippen molar-refractivity contribution in [3.63, 3.8) is 0 Å². The molecular weight excluding hydrogens is 416 g/mol. The lowest BCUT2D eigenvalue weighted by Gasteiger charge is -2.08. The standard InChI is InChI=1S/C30H20N4/c1-3-9-21(10-4-1)25-19-32-29(20-31-25)33-18-17-24-26(33)15-16-28-30(24)23-13-7-8-14-27(23)34(28)22-11-5-2-6-12-22/h1-20H. The summed E-state index contributed by atoms with van der Waals surface area (Å²) in [4.78, 5) is 9.42. The molecule has 7 rings (SSSR count). The van der Waals surface area contributed by atoms with Crippen molar-refractivity contribution in [1.82, 2.24) is 19.1 Å². The van der Waals surface area contributed by atoms with Gasteiger partial charge in [0.05, 0.1) is 34.6 Å². The Morgan fingerprint density at radius 2 is 1.24 bits per heavy atom. The maximum absolute atomic E-state index is 4.74. The number of hydrogen-bond donors (Lipinski definition) is 0. The first-order valence-corrected chi connectivity index (χ1v) is 11.3. The summed E-state index contributed by atoms with van der Waals surface area (Å²) in [5, 5.41) is 3.71. The van der Waals surface area contributed by atoms with Gasteiger partial charge in [-0.3, -0.25) is 9.55 Å². The van der Waals surface area contributed by atoms with Gasteiger partial charge in [-0.1, -0.05) is 66.7 Å². The second-order valence-electron chi connectivity index (χ2n) is 8.39. The van der Waals surface area contributed by atoms with Crippen LogP contribution in [0, 0.1) is 0 Å². The summed E-state index contributed by atoms with van der Waals surface area (Å²) in [6.07, 6.45) is 5.78. The van der Waals surface area contributed by atoms with Crippen molar-refractivity contribution in [3.8, 4) is 22.8 Å². The molecule has 0 N–H and O–H groups in total. The Morgan fingerprint density at radius 1 is 0.529 bits per heavy atom. The largest absolute Gasteiger partial charge is 0.309 e. The van der Waals surface area contributed by atoms with Gasteiger partial charge >= 0.3 is 0 Å². The highest BCUT2D eigenvalue weighted by Crippen LogP contribution is 2.37. The average Bonchev–Trinajstić information content (AvgIpc) is 3.49. The molecule has 4 heteroatoms. The monoisotopic (exact) mass is 436 g/mol. The molecule has 3 heterocycles. The fraction of sp³-hybridized carbons (Fsp3) is 0. The maximum Gasteiger partial charge on any atom is 0.155 e. The van der Waals surface area contributed by atoms with Gasteiger partial charge in [0.1, 0.15) is 0 Å². The Hall–Kier alpha value is -4.70. The quantitative estimate of drug-likeness (QED) is 0.294. The number of rotatable bonds is 3. The van der Waals surface area contributed by atoms with Crippen LogP contribution >= 0.6 is 0 Å². The number of para-hydroxylation sites is 2. The van der Waals surface area contributed by atoms with Crippen molar-refractivity contribution < 1.29 is 0 Å². The Kier molecular flexibility index (Phi) is 4.11. The van der Waals surface area contributed by atoms with Crippen LogP contribution in [0.2, 0.25) is 0 Å². The summed E-state index contributed by atoms with van der Waals surface area (Å²) in [5.74, 6) is 0.806. The Balaban J connectivity index is 1.44. The van der Waals surface area contributed by atoms with E-state index in [9.17, 15) is 0 Å². The van der Waals surface area contributed by atoms with Gasteiger partial charge in [0.25, 0.3) is 0 Å². The first-order chi connectivity index (χ1) is 16.9. The normalized spacial score (nSPS) is 11.5. The highest BCUT2D eigenvalue weighted by atomic mass is 15.1. The average molecular weight is 437 g/mol. The van der Waals surface area contributed by atoms with E-state index in [0.717, 1.165) is 28.3 Å². The van der Waals surface area contributed by atoms with E-state index in [4.69, 9.17) is 4.98 Å². The van der Waals surface area contributed by atoms with Gasteiger partial charge in [0.15, 0.2) is 5.82 Å². The van der Waals surface area contributed by atoms with Crippen molar-refractivity contribution >= 4 is 32.7 Å². The molecule has 0 fully saturated rings. The Bertz CT molecular complexity index is 1780. The summed E-state index contributed by atoms with van der Waals surface area (Å²) in [6, 6.07) is 35.9. The number of nitrogens with zero attached hydrogens (tertiary/aromatic N) is 4. The zero-order valence-corrected chi connectivity index (χ0v) is 18.3. The van der Waals surface area contributed by atoms with Crippen LogP contribution in [0.4, 0.5) is 0 Å². The molecular formula is C30H20N4. The van der Waals surface area contributed by atoms with Gasteiger partial charge < -0.3 is 4.57 Å². The molecule has 0 aliphatic heterocycles. The minimum absolute atomic E-state index is 0.806. The molecule has 0 radical (unpaired) electrons. The van der Waals surface area contributed by atoms with Gasteiger partial charge in [-0.2, -0.15) is 0 Å². The lowest BCUT2D eigenvalue weighted by Crippen LogP contribution is -1.98. The molecule has 0 saturated carbocycles. The fourth-order valence-corrected chi connectivity index (χ4v) is 4.94. The molecule has 0 aliphatic rings. The van der Waals surface area contributed by atoms with Crippen LogP contribution in [0.5, 0.6) is 0 Å². The third-order valence-corrected chi connectivity index (χ3v) is 6.47. The maximum atomic E-state index is 4.74. The molecule has 0 unspecified atom stereocenters. The van der Waals surface area contributed by atoms with Crippen LogP contribution in [-0.2, 0) is 0 Å². The van der Waals surface area contributed by atoms with Gasteiger partial charge in [0.2, 0.25) is 0 Å². The van der Waals surface area contributed by atoms with Gasteiger partial charge in [-0.15, -0.1) is 0 Å². The molecule has 3 aromatic heterocycles. The fourth-order valence-electron chi connectivity index (χ4n) is 4.94. The van der Waals surface area contributed by atoms with Gasteiger partial charge in [0, 0.05) is 33.6 Å². The van der Waals surface area contributed by atoms with Gasteiger partial charge in [-0.05, 0) is 36.4 Å². The zero-order chi connectivity index (χ0) is 22.5. The molecule has 34 heavy (non-hydrogen) atoms. The number of benzene rings is 4. The van der Waals surface area contributed by atoms with E-state index in [-0.39, 0.29) is 0 Å². The molecule has 7 aromatic rings. The molecule has 4 nitrogen and oxygen atoms in total. The van der Waals surface area contributed by atoms with E-state index in [2.05, 4.69) is 93.1 Å². The third kappa shape index (κ3) is 2.79. The molecule has 0 spiro atoms. The van der Waals surface area contributed by atoms with Crippen LogP contribution in [0.1, 0.15) is 0 Å². The van der Waals surface area contributed by atoms with Crippen molar-refractivity contribution in [3.05, 3.63) is 122 Å². The van der Waals surface area contributed by atoms with Crippen LogP contribution in [0.25, 0.3) is 55.5 Å². The summed E-state index contributed by atoms with van der Waals surface area (Å²) in [6.45, 7) is 0. The van der Waals surface area contributed by atoms with E-state index in [1.807, 2.05) is 42.7 Å². The predicted octanol–water partition coefficient (Wildman–Crippen LogP) is 7.18. The van der Waals surface area contributed by atoms with Crippen LogP contribution in [0.15, 0.2) is 122 Å². The topological polar surface area (TPSA) is 35.6 Å². The molecule has 0 bridgehead atoms. The van der Waals surface area contributed by atoms with Crippen molar-refractivity contribution in [2.45, 2.75) is 0 Å². The highest BCUT2D eigenvalue weighted by molar-refractivity contribution is 6.21. The summed E-state index contributed by atoms with van der Waals surface area (Å²) in [7, 11) is 0. The van der Waals surface area contributed by atoms with E-state index >= 15 is 0 Å². The second kappa shape index (κ2) is 7.42. The van der Waals surface area contributed by atoms with Crippen molar-refractivity contribution in [2.24, 2.45) is 0 Å². The molecule has 0 atom stereocenters. The molecule has 0 amide bonds. The Morgan fingerprint density at radius 3 is 2.03 bits per heavy atom. The molecule has 0 aliphatic carbocycles. The van der Waals surface area contributed by atoms with E-state index in [1.54, 1.807) is 0 Å². The number of fused-ring (bicyclic) bond motifs is 5. The summed E-state index contributed by atoms with van der Waals surface area (Å²) in [5.41, 5.74) is 6.61. The predicted molar refractivity (Wildman–Crippen MR) is 139 cm³/mol. The van der Waals surface area contributed by atoms with Crippen LogP contribution in [-0.4, -0.2) is 19.1 Å². The zero-order valence-electron chi connectivity index (χ0n) is 18.3. The number of hydrogen-bond acceptors (Lipinski definition) is 2. The van der Waals surface area contributed by atoms with Crippen LogP contribution < -0.4 is 0 Å². The lowest BCUT2D eigenvalue weighted by molar-refractivity contribution is 1.02. The minimum Gasteiger partial charge on any atom is -0.309 e. The summed E-state index contributed by atoms with van der Waals surface area (Å²) >= 11 is 0. The second-order valence-corrected chi connectivity index (χ2v) is 8.39. The van der Waals surface area contributed by atoms with Gasteiger partial charge in [-0.25, -0.2) is 4.98 Å². The smallest absolute Gasteiger partial charge is 0.155 e. The number of aromatic nitrogens is 4. The lowest BCUT2D eigenvalue weighted by atomic mass is 10.1. The molecule has 0 saturated heterocycles. The molecule has 160 valence electrons. The SMILES string of the molecule is c1ccc(-c2cnc(-n3ccc4c5c6ccccc6n(-c6ccccc6)c5ccc43)cn2)cc1. The summed E-state index contributed by atoms with van der Waals surface area (Å²) < 4.78 is 4.46. The first-order valence-electron chi connectivity index (χ1n) is 11.3. The van der Waals surface area contributed by atoms with E-state index in [0.29, 0.717) is 0 Å². The van der Waals surface area contributed by atoms with Crippen molar-refractivity contribution in [2.75, 3.05) is 0 Å². The highest BCUT2D eigenvalue weighted by Gasteiger charge is 2.16. The Labute approximate surface area is 196 Å². The first kappa shape index (κ1) is 18.8. The van der Waals surface area contributed by atoms with E-state index in [1.165, 1.54) is 27.2 Å². The van der Waals surface area contributed by atoms with Crippen LogP contribution in [0.3, 0.4) is 0 Å². The van der Waals surface area contributed by atoms with Crippen molar-refractivity contribution in [1.29, 1.82) is 0 Å². The molecule has 4 aromatic carbocycles. The third-order valence-electron chi connectivity index (χ3n) is 6.47. The van der Waals surface area contributed by atoms with E-state index < -0.39 is 0 Å². The minimum atomic E-state index is 0.806.